The molecule has 1 atom stereocenters. The number of carbonyl (C=O) groups excluding carboxylic acids is 1. The number of ether oxygens (including phenoxy) is 1. The summed E-state index contributed by atoms with van der Waals surface area (Å²) in [5, 5.41) is 0. The Kier molecular flexibility index (Phi) is 3.59. The molecule has 0 aromatic carbocycles. The monoisotopic (exact) mass is 212 g/mol. The molecule has 0 aromatic rings. The average Bonchev–Trinajstić information content (AvgIpc) is 2.74. The molecule has 1 aliphatic heterocycles. The number of rotatable bonds is 3. The third-order valence-corrected chi connectivity index (χ3v) is 3.52. The van der Waals surface area contributed by atoms with E-state index in [0.717, 1.165) is 0 Å². The van der Waals surface area contributed by atoms with Crippen molar-refractivity contribution in [1.29, 1.82) is 0 Å². The van der Waals surface area contributed by atoms with E-state index in [4.69, 9.17) is 10.5 Å². The second-order valence-electron chi connectivity index (χ2n) is 4.60. The van der Waals surface area contributed by atoms with Crippen molar-refractivity contribution in [3.05, 3.63) is 0 Å². The summed E-state index contributed by atoms with van der Waals surface area (Å²) in [4.78, 5) is 13.3. The second kappa shape index (κ2) is 4.94. The van der Waals surface area contributed by atoms with Gasteiger partial charge in [-0.3, -0.25) is 4.79 Å². The first kappa shape index (κ1) is 10.9. The van der Waals surface area contributed by atoms with Gasteiger partial charge in [-0.25, -0.2) is 0 Å². The van der Waals surface area contributed by atoms with Crippen LogP contribution in [-0.2, 0) is 9.53 Å². The molecule has 86 valence electrons. The lowest BCUT2D eigenvalue weighted by atomic mass is 9.98. The highest BCUT2D eigenvalue weighted by molar-refractivity contribution is 5.78. The van der Waals surface area contributed by atoms with Gasteiger partial charge in [-0.2, -0.15) is 0 Å². The zero-order valence-corrected chi connectivity index (χ0v) is 9.15. The van der Waals surface area contributed by atoms with Gasteiger partial charge in [0.15, 0.2) is 0 Å². The van der Waals surface area contributed by atoms with Gasteiger partial charge in [0.25, 0.3) is 0 Å². The van der Waals surface area contributed by atoms with Gasteiger partial charge in [0.2, 0.25) is 5.91 Å². The van der Waals surface area contributed by atoms with Crippen molar-refractivity contribution in [2.45, 2.75) is 31.7 Å². The minimum Gasteiger partial charge on any atom is -0.370 e. The molecular weight excluding hydrogens is 192 g/mol. The van der Waals surface area contributed by atoms with Crippen LogP contribution in [0.5, 0.6) is 0 Å². The molecule has 1 unspecified atom stereocenters. The molecule has 1 heterocycles. The van der Waals surface area contributed by atoms with E-state index in [9.17, 15) is 4.79 Å². The maximum Gasteiger partial charge on any atom is 0.248 e. The van der Waals surface area contributed by atoms with Crippen molar-refractivity contribution in [1.82, 2.24) is 4.90 Å². The van der Waals surface area contributed by atoms with E-state index >= 15 is 0 Å². The maximum atomic E-state index is 11.5. The topological polar surface area (TPSA) is 55.6 Å². The first-order chi connectivity index (χ1) is 7.27. The number of carbonyl (C=O) groups is 1. The fourth-order valence-electron chi connectivity index (χ4n) is 2.53. The van der Waals surface area contributed by atoms with Crippen LogP contribution >= 0.6 is 0 Å². The molecule has 15 heavy (non-hydrogen) atoms. The number of morpholine rings is 1. The molecule has 0 radical (unpaired) electrons. The predicted octanol–water partition coefficient (Wildman–Crippen LogP) is 0.363. The van der Waals surface area contributed by atoms with Crippen LogP contribution in [0.25, 0.3) is 0 Å². The summed E-state index contributed by atoms with van der Waals surface area (Å²) in [6.07, 6.45) is 5.07. The van der Waals surface area contributed by atoms with Crippen LogP contribution < -0.4 is 5.73 Å². The Balaban J connectivity index is 1.81. The number of hydrogen-bond donors (Lipinski definition) is 1. The van der Waals surface area contributed by atoms with E-state index in [1.807, 2.05) is 4.90 Å². The lowest BCUT2D eigenvalue weighted by molar-refractivity contribution is -0.143. The number of hydrogen-bond acceptors (Lipinski definition) is 3. The largest absolute Gasteiger partial charge is 0.370 e. The highest BCUT2D eigenvalue weighted by atomic mass is 16.5. The maximum absolute atomic E-state index is 11.5. The van der Waals surface area contributed by atoms with Gasteiger partial charge in [-0.1, -0.05) is 12.8 Å². The smallest absolute Gasteiger partial charge is 0.248 e. The van der Waals surface area contributed by atoms with Crippen molar-refractivity contribution < 1.29 is 9.53 Å². The van der Waals surface area contributed by atoms with Crippen molar-refractivity contribution in [2.75, 3.05) is 26.3 Å². The molecule has 1 aliphatic carbocycles. The summed E-state index contributed by atoms with van der Waals surface area (Å²) in [6, 6.07) is 0.162. The zero-order valence-electron chi connectivity index (χ0n) is 9.15. The van der Waals surface area contributed by atoms with Crippen LogP contribution in [0.1, 0.15) is 25.7 Å². The molecule has 0 aromatic heterocycles. The molecule has 2 aliphatic rings. The van der Waals surface area contributed by atoms with Crippen LogP contribution in [0.15, 0.2) is 0 Å². The minimum atomic E-state index is 0.0923. The van der Waals surface area contributed by atoms with E-state index in [2.05, 4.69) is 0 Å². The Bertz CT molecular complexity index is 227. The van der Waals surface area contributed by atoms with Gasteiger partial charge in [-0.05, 0) is 18.8 Å². The Labute approximate surface area is 90.8 Å². The standard InChI is InChI=1S/C11H20N2O2/c12-10(9-3-1-2-4-9)7-13-5-6-15-8-11(13)14/h9-10H,1-8,12H2. The summed E-state index contributed by atoms with van der Waals surface area (Å²) in [6.45, 7) is 2.31. The van der Waals surface area contributed by atoms with Crippen molar-refractivity contribution in [3.63, 3.8) is 0 Å². The first-order valence-electron chi connectivity index (χ1n) is 5.88. The van der Waals surface area contributed by atoms with Crippen LogP contribution in [0.4, 0.5) is 0 Å². The Morgan fingerprint density at radius 2 is 2.20 bits per heavy atom. The molecular formula is C11H20N2O2. The van der Waals surface area contributed by atoms with Crippen LogP contribution in [-0.4, -0.2) is 43.2 Å². The molecule has 2 rings (SSSR count). The molecule has 1 saturated heterocycles. The van der Waals surface area contributed by atoms with E-state index in [0.29, 0.717) is 25.6 Å². The molecule has 1 saturated carbocycles. The molecule has 4 nitrogen and oxygen atoms in total. The van der Waals surface area contributed by atoms with Gasteiger partial charge in [0.05, 0.1) is 6.61 Å². The fraction of sp³-hybridized carbons (Fsp3) is 0.909. The van der Waals surface area contributed by atoms with E-state index in [-0.39, 0.29) is 18.6 Å². The van der Waals surface area contributed by atoms with E-state index < -0.39 is 0 Å². The van der Waals surface area contributed by atoms with Gasteiger partial charge < -0.3 is 15.4 Å². The Morgan fingerprint density at radius 3 is 2.87 bits per heavy atom. The summed E-state index contributed by atoms with van der Waals surface area (Å²) in [5.41, 5.74) is 6.14. The molecule has 4 heteroatoms. The zero-order chi connectivity index (χ0) is 10.7. The van der Waals surface area contributed by atoms with Crippen molar-refractivity contribution in [2.24, 2.45) is 11.7 Å². The van der Waals surface area contributed by atoms with E-state index in [1.54, 1.807) is 0 Å². The normalized spacial score (nSPS) is 25.9. The average molecular weight is 212 g/mol. The highest BCUT2D eigenvalue weighted by Crippen LogP contribution is 2.27. The number of nitrogens with zero attached hydrogens (tertiary/aromatic N) is 1. The summed E-state index contributed by atoms with van der Waals surface area (Å²) >= 11 is 0. The first-order valence-corrected chi connectivity index (χ1v) is 5.88. The van der Waals surface area contributed by atoms with Crippen molar-refractivity contribution >= 4 is 5.91 Å². The quantitative estimate of drug-likeness (QED) is 0.735. The van der Waals surface area contributed by atoms with Crippen LogP contribution in [0.2, 0.25) is 0 Å². The lowest BCUT2D eigenvalue weighted by Gasteiger charge is -2.31. The van der Waals surface area contributed by atoms with E-state index in [1.165, 1.54) is 25.7 Å². The molecule has 0 spiro atoms. The third kappa shape index (κ3) is 2.69. The third-order valence-electron chi connectivity index (χ3n) is 3.52. The van der Waals surface area contributed by atoms with Crippen LogP contribution in [0, 0.1) is 5.92 Å². The van der Waals surface area contributed by atoms with Crippen LogP contribution in [0.3, 0.4) is 0 Å². The summed E-state index contributed by atoms with van der Waals surface area (Å²) < 4.78 is 5.09. The Morgan fingerprint density at radius 1 is 1.47 bits per heavy atom. The van der Waals surface area contributed by atoms with Gasteiger partial charge in [-0.15, -0.1) is 0 Å². The predicted molar refractivity (Wildman–Crippen MR) is 57.3 cm³/mol. The van der Waals surface area contributed by atoms with Crippen molar-refractivity contribution in [3.8, 4) is 0 Å². The molecule has 2 fully saturated rings. The van der Waals surface area contributed by atoms with Gasteiger partial charge >= 0.3 is 0 Å². The fourth-order valence-corrected chi connectivity index (χ4v) is 2.53. The lowest BCUT2D eigenvalue weighted by Crippen LogP contribution is -2.49. The SMILES string of the molecule is NC(CN1CCOCC1=O)C1CCCC1. The summed E-state index contributed by atoms with van der Waals surface area (Å²) in [7, 11) is 0. The summed E-state index contributed by atoms with van der Waals surface area (Å²) in [5.74, 6) is 0.718. The Hall–Kier alpha value is -0.610. The van der Waals surface area contributed by atoms with Gasteiger partial charge in [0, 0.05) is 19.1 Å². The number of amides is 1. The minimum absolute atomic E-state index is 0.0923. The number of nitrogens with two attached hydrogens (primary N) is 1. The second-order valence-corrected chi connectivity index (χ2v) is 4.60. The van der Waals surface area contributed by atoms with Gasteiger partial charge in [0.1, 0.15) is 6.61 Å². The molecule has 1 amide bonds. The molecule has 0 bridgehead atoms. The molecule has 2 N–H and O–H groups in total. The highest BCUT2D eigenvalue weighted by Gasteiger charge is 2.26.